The number of benzene rings is 3. The summed E-state index contributed by atoms with van der Waals surface area (Å²) in [7, 11) is 0. The van der Waals surface area contributed by atoms with Crippen LogP contribution >= 0.6 is 11.6 Å². The maximum Gasteiger partial charge on any atom is 0.408 e. The minimum Gasteiger partial charge on any atom is -0.465 e. The monoisotopic (exact) mass is 506 g/mol. The molecule has 1 aliphatic rings. The first-order valence-electron chi connectivity index (χ1n) is 12.1. The molecule has 1 N–H and O–H groups in total. The zero-order chi connectivity index (χ0) is 25.4. The number of carboxylic acid groups (broad SMARTS) is 1. The number of aromatic nitrogens is 3. The maximum atomic E-state index is 12.3. The van der Waals surface area contributed by atoms with Gasteiger partial charge in [0.15, 0.2) is 5.65 Å². The van der Waals surface area contributed by atoms with E-state index in [4.69, 9.17) is 21.6 Å². The van der Waals surface area contributed by atoms with Gasteiger partial charge in [-0.25, -0.2) is 19.7 Å². The number of hydrogen-bond acceptors (Lipinski definition) is 4. The molecule has 182 valence electrons. The molecule has 2 heterocycles. The van der Waals surface area contributed by atoms with Crippen molar-refractivity contribution in [2.75, 3.05) is 0 Å². The fourth-order valence-electron chi connectivity index (χ4n) is 4.86. The molecule has 0 aliphatic heterocycles. The van der Waals surface area contributed by atoms with Crippen molar-refractivity contribution >= 4 is 28.9 Å². The topological polar surface area (TPSA) is 79.2 Å². The molecule has 2 aromatic heterocycles. The Balaban J connectivity index is 1.40. The van der Waals surface area contributed by atoms with E-state index in [0.717, 1.165) is 40.8 Å². The van der Waals surface area contributed by atoms with Crippen molar-refractivity contribution in [3.63, 3.8) is 0 Å². The quantitative estimate of drug-likeness (QED) is 0.247. The van der Waals surface area contributed by atoms with E-state index in [1.54, 1.807) is 11.0 Å². The third kappa shape index (κ3) is 4.41. The molecule has 0 spiro atoms. The predicted molar refractivity (Wildman–Crippen MR) is 144 cm³/mol. The van der Waals surface area contributed by atoms with E-state index in [9.17, 15) is 9.90 Å². The van der Waals surface area contributed by atoms with Gasteiger partial charge in [-0.2, -0.15) is 0 Å². The van der Waals surface area contributed by atoms with Crippen LogP contribution in [0.2, 0.25) is 5.15 Å². The molecule has 1 saturated carbocycles. The van der Waals surface area contributed by atoms with Gasteiger partial charge in [0.25, 0.3) is 0 Å². The molecule has 5 aromatic rings. The standard InChI is InChI=1S/C30H23ClN4O2/c31-25-16-15-24-28(33-25)34-27(26(32-24)21-9-5-2-6-10-21)22-11-13-23(14-12-22)30(17-18-30)35(29(36)37)19-20-7-3-1-4-8-20/h1-16H,17-19H2,(H,36,37). The maximum absolute atomic E-state index is 12.3. The first kappa shape index (κ1) is 23.1. The lowest BCUT2D eigenvalue weighted by molar-refractivity contribution is 0.112. The van der Waals surface area contributed by atoms with Gasteiger partial charge in [0, 0.05) is 17.7 Å². The van der Waals surface area contributed by atoms with Crippen LogP contribution in [0.3, 0.4) is 0 Å². The summed E-state index contributed by atoms with van der Waals surface area (Å²) in [5.74, 6) is 0. The second-order valence-electron chi connectivity index (χ2n) is 9.23. The van der Waals surface area contributed by atoms with E-state index < -0.39 is 11.6 Å². The summed E-state index contributed by atoms with van der Waals surface area (Å²) < 4.78 is 0. The van der Waals surface area contributed by atoms with E-state index in [1.165, 1.54) is 0 Å². The molecule has 0 saturated heterocycles. The smallest absolute Gasteiger partial charge is 0.408 e. The molecule has 7 heteroatoms. The highest BCUT2D eigenvalue weighted by atomic mass is 35.5. The molecule has 0 atom stereocenters. The van der Waals surface area contributed by atoms with E-state index >= 15 is 0 Å². The van der Waals surface area contributed by atoms with Crippen molar-refractivity contribution in [3.8, 4) is 22.5 Å². The van der Waals surface area contributed by atoms with Gasteiger partial charge in [0.05, 0.1) is 16.9 Å². The fraction of sp³-hybridized carbons (Fsp3) is 0.133. The lowest BCUT2D eigenvalue weighted by Gasteiger charge is -2.30. The molecule has 6 nitrogen and oxygen atoms in total. The zero-order valence-corrected chi connectivity index (χ0v) is 20.6. The average Bonchev–Trinajstić information content (AvgIpc) is 3.74. The SMILES string of the molecule is O=C(O)N(Cc1ccccc1)C1(c2ccc(-c3nc4nc(Cl)ccc4nc3-c3ccccc3)cc2)CC1. The first-order chi connectivity index (χ1) is 18.0. The van der Waals surface area contributed by atoms with Crippen molar-refractivity contribution in [2.45, 2.75) is 24.9 Å². The highest BCUT2D eigenvalue weighted by Crippen LogP contribution is 2.52. The number of halogens is 1. The average molecular weight is 507 g/mol. The minimum atomic E-state index is -0.917. The summed E-state index contributed by atoms with van der Waals surface area (Å²) in [5, 5.41) is 10.4. The molecule has 0 bridgehead atoms. The van der Waals surface area contributed by atoms with Crippen molar-refractivity contribution in [2.24, 2.45) is 0 Å². The summed E-state index contributed by atoms with van der Waals surface area (Å²) in [6.07, 6.45) is 0.665. The van der Waals surface area contributed by atoms with Gasteiger partial charge in [-0.05, 0) is 36.1 Å². The molecule has 1 fully saturated rings. The van der Waals surface area contributed by atoms with Gasteiger partial charge in [0.2, 0.25) is 0 Å². The molecule has 3 aromatic carbocycles. The van der Waals surface area contributed by atoms with Crippen LogP contribution < -0.4 is 0 Å². The molecular weight excluding hydrogens is 484 g/mol. The van der Waals surface area contributed by atoms with Gasteiger partial charge in [0.1, 0.15) is 10.7 Å². The molecule has 0 unspecified atom stereocenters. The molecule has 37 heavy (non-hydrogen) atoms. The minimum absolute atomic E-state index is 0.346. The Morgan fingerprint density at radius 1 is 0.784 bits per heavy atom. The van der Waals surface area contributed by atoms with Gasteiger partial charge in [-0.1, -0.05) is 96.5 Å². The van der Waals surface area contributed by atoms with Gasteiger partial charge >= 0.3 is 6.09 Å². The molecule has 0 radical (unpaired) electrons. The van der Waals surface area contributed by atoms with Crippen LogP contribution in [0.4, 0.5) is 4.79 Å². The molecule has 1 aliphatic carbocycles. The van der Waals surface area contributed by atoms with Crippen LogP contribution in [0.15, 0.2) is 97.1 Å². The number of fused-ring (bicyclic) bond motifs is 1. The number of hydrogen-bond donors (Lipinski definition) is 1. The number of nitrogens with zero attached hydrogens (tertiary/aromatic N) is 4. The van der Waals surface area contributed by atoms with Crippen LogP contribution in [0.1, 0.15) is 24.0 Å². The Morgan fingerprint density at radius 2 is 1.41 bits per heavy atom. The van der Waals surface area contributed by atoms with Crippen molar-refractivity contribution in [1.82, 2.24) is 19.9 Å². The van der Waals surface area contributed by atoms with E-state index in [0.29, 0.717) is 28.6 Å². The lowest BCUT2D eigenvalue weighted by Crippen LogP contribution is -2.39. The Bertz CT molecular complexity index is 1590. The normalized spacial score (nSPS) is 13.9. The Kier molecular flexibility index (Phi) is 5.81. The first-order valence-corrected chi connectivity index (χ1v) is 12.5. The molecular formula is C30H23ClN4O2. The Hall–Kier alpha value is -4.29. The lowest BCUT2D eigenvalue weighted by atomic mass is 9.98. The van der Waals surface area contributed by atoms with Gasteiger partial charge < -0.3 is 5.11 Å². The van der Waals surface area contributed by atoms with Crippen LogP contribution in [-0.2, 0) is 12.1 Å². The summed E-state index contributed by atoms with van der Waals surface area (Å²) in [5.41, 5.74) is 5.84. The van der Waals surface area contributed by atoms with E-state index in [-0.39, 0.29) is 0 Å². The van der Waals surface area contributed by atoms with Crippen LogP contribution in [0.5, 0.6) is 0 Å². The Labute approximate surface area is 219 Å². The van der Waals surface area contributed by atoms with Crippen LogP contribution in [0, 0.1) is 0 Å². The summed E-state index contributed by atoms with van der Waals surface area (Å²) in [6.45, 7) is 0.346. The molecule has 6 rings (SSSR count). The van der Waals surface area contributed by atoms with Crippen LogP contribution in [-0.4, -0.2) is 31.1 Å². The number of pyridine rings is 1. The van der Waals surface area contributed by atoms with Crippen LogP contribution in [0.25, 0.3) is 33.7 Å². The third-order valence-electron chi connectivity index (χ3n) is 6.89. The zero-order valence-electron chi connectivity index (χ0n) is 19.9. The van der Waals surface area contributed by atoms with E-state index in [2.05, 4.69) is 4.98 Å². The number of rotatable bonds is 6. The van der Waals surface area contributed by atoms with Gasteiger partial charge in [-0.3, -0.25) is 4.90 Å². The second kappa shape index (κ2) is 9.30. The number of amides is 1. The second-order valence-corrected chi connectivity index (χ2v) is 9.61. The third-order valence-corrected chi connectivity index (χ3v) is 7.10. The fourth-order valence-corrected chi connectivity index (χ4v) is 5.00. The van der Waals surface area contributed by atoms with Crippen molar-refractivity contribution in [3.05, 3.63) is 113 Å². The van der Waals surface area contributed by atoms with Crippen molar-refractivity contribution < 1.29 is 9.90 Å². The largest absolute Gasteiger partial charge is 0.465 e. The summed E-state index contributed by atoms with van der Waals surface area (Å²) >= 11 is 6.13. The molecule has 1 amide bonds. The van der Waals surface area contributed by atoms with Gasteiger partial charge in [-0.15, -0.1) is 0 Å². The highest BCUT2D eigenvalue weighted by molar-refractivity contribution is 6.29. The predicted octanol–water partition coefficient (Wildman–Crippen LogP) is 7.18. The highest BCUT2D eigenvalue weighted by Gasteiger charge is 2.51. The Morgan fingerprint density at radius 3 is 2.05 bits per heavy atom. The van der Waals surface area contributed by atoms with E-state index in [1.807, 2.05) is 91.0 Å². The summed E-state index contributed by atoms with van der Waals surface area (Å²) in [6, 6.07) is 31.2. The number of carbonyl (C=O) groups is 1. The summed E-state index contributed by atoms with van der Waals surface area (Å²) in [4.78, 5) is 27.9. The van der Waals surface area contributed by atoms with Crippen molar-refractivity contribution in [1.29, 1.82) is 0 Å².